The number of alkyl halides is 1. The standard InChI is InChI=1S/C23H29ClO6/c1-14-9-10-17-22(3,24)19(26-18(25)13-15-7-5-4-6-8-15)27-20-23(17)16(14)11-12-21(2,28-20)29-30-23/h4-8,14,16-17,19-20H,9-13H2,1-3H3/t14-,16?,17?,19?,20?,21+,22-,23?/m1/s1. The summed E-state index contributed by atoms with van der Waals surface area (Å²) >= 11 is 7.10. The molecule has 164 valence electrons. The van der Waals surface area contributed by atoms with Gasteiger partial charge in [-0.15, -0.1) is 11.6 Å². The van der Waals surface area contributed by atoms with Crippen LogP contribution in [0.3, 0.4) is 0 Å². The molecule has 0 aromatic heterocycles. The zero-order valence-corrected chi connectivity index (χ0v) is 18.4. The van der Waals surface area contributed by atoms with Crippen molar-refractivity contribution in [3.8, 4) is 0 Å². The number of rotatable bonds is 3. The second kappa shape index (κ2) is 7.17. The third kappa shape index (κ3) is 3.11. The molecule has 5 unspecified atom stereocenters. The number of carbonyl (C=O) groups is 1. The lowest BCUT2D eigenvalue weighted by Crippen LogP contribution is -2.74. The third-order valence-corrected chi connectivity index (χ3v) is 7.98. The van der Waals surface area contributed by atoms with Crippen molar-refractivity contribution < 1.29 is 28.8 Å². The van der Waals surface area contributed by atoms with Crippen LogP contribution in [-0.2, 0) is 35.2 Å². The zero-order chi connectivity index (χ0) is 21.1. The van der Waals surface area contributed by atoms with Crippen LogP contribution in [-0.4, -0.2) is 34.8 Å². The van der Waals surface area contributed by atoms with Gasteiger partial charge in [0.1, 0.15) is 4.87 Å². The van der Waals surface area contributed by atoms with Crippen molar-refractivity contribution in [3.05, 3.63) is 35.9 Å². The number of hydrogen-bond acceptors (Lipinski definition) is 6. The first kappa shape index (κ1) is 20.7. The lowest BCUT2D eigenvalue weighted by atomic mass is 9.58. The van der Waals surface area contributed by atoms with E-state index in [-0.39, 0.29) is 24.2 Å². The quantitative estimate of drug-likeness (QED) is 0.399. The fourth-order valence-electron chi connectivity index (χ4n) is 5.92. The van der Waals surface area contributed by atoms with E-state index in [0.717, 1.165) is 24.8 Å². The summed E-state index contributed by atoms with van der Waals surface area (Å²) < 4.78 is 18.3. The molecule has 6 nitrogen and oxygen atoms in total. The van der Waals surface area contributed by atoms with Gasteiger partial charge in [-0.25, -0.2) is 9.78 Å². The number of hydrogen-bond donors (Lipinski definition) is 0. The largest absolute Gasteiger partial charge is 0.433 e. The molecule has 7 heteroatoms. The molecule has 4 aliphatic heterocycles. The predicted molar refractivity (Wildman–Crippen MR) is 108 cm³/mol. The van der Waals surface area contributed by atoms with Gasteiger partial charge in [0.05, 0.1) is 6.42 Å². The number of ether oxygens (including phenoxy) is 3. The van der Waals surface area contributed by atoms with Gasteiger partial charge in [-0.05, 0) is 50.5 Å². The number of esters is 1. The summed E-state index contributed by atoms with van der Waals surface area (Å²) in [4.78, 5) is 23.6. The minimum atomic E-state index is -0.966. The Hall–Kier alpha value is -1.18. The minimum Gasteiger partial charge on any atom is -0.433 e. The molecule has 0 amide bonds. The van der Waals surface area contributed by atoms with Crippen LogP contribution in [0.1, 0.15) is 52.0 Å². The van der Waals surface area contributed by atoms with E-state index in [1.165, 1.54) is 0 Å². The molecule has 30 heavy (non-hydrogen) atoms. The van der Waals surface area contributed by atoms with E-state index >= 15 is 0 Å². The van der Waals surface area contributed by atoms with Gasteiger partial charge in [0.2, 0.25) is 12.1 Å². The van der Waals surface area contributed by atoms with E-state index in [0.29, 0.717) is 12.3 Å². The monoisotopic (exact) mass is 436 g/mol. The molecule has 4 heterocycles. The van der Waals surface area contributed by atoms with E-state index < -0.39 is 28.8 Å². The summed E-state index contributed by atoms with van der Waals surface area (Å²) in [6.45, 7) is 5.99. The van der Waals surface area contributed by atoms with Gasteiger partial charge in [-0.2, -0.15) is 0 Å². The van der Waals surface area contributed by atoms with Gasteiger partial charge in [0, 0.05) is 12.3 Å². The molecular weight excluding hydrogens is 408 g/mol. The molecule has 2 bridgehead atoms. The highest BCUT2D eigenvalue weighted by Gasteiger charge is 2.73. The molecule has 1 aromatic carbocycles. The average Bonchev–Trinajstić information content (AvgIpc) is 2.93. The highest BCUT2D eigenvalue weighted by molar-refractivity contribution is 6.24. The van der Waals surface area contributed by atoms with Crippen LogP contribution in [0.15, 0.2) is 30.3 Å². The van der Waals surface area contributed by atoms with E-state index in [1.54, 1.807) is 0 Å². The molecule has 4 saturated heterocycles. The van der Waals surface area contributed by atoms with Gasteiger partial charge >= 0.3 is 5.97 Å². The maximum Gasteiger partial charge on any atom is 0.312 e. The molecular formula is C23H29ClO6. The van der Waals surface area contributed by atoms with Crippen molar-refractivity contribution in [3.63, 3.8) is 0 Å². The Morgan fingerprint density at radius 1 is 1.17 bits per heavy atom. The van der Waals surface area contributed by atoms with Crippen LogP contribution >= 0.6 is 11.6 Å². The number of carbonyl (C=O) groups excluding carboxylic acids is 1. The van der Waals surface area contributed by atoms with E-state index in [2.05, 4.69) is 6.92 Å². The lowest BCUT2D eigenvalue weighted by molar-refractivity contribution is -0.574. The number of benzene rings is 1. The fourth-order valence-corrected chi connectivity index (χ4v) is 6.29. The van der Waals surface area contributed by atoms with Crippen LogP contribution in [0, 0.1) is 17.8 Å². The SMILES string of the molecule is C[C@@H]1CCC2C34OO[C@@](C)(CCC13)OC4OC(OC(=O)Cc1ccccc1)[C@]2(C)Cl. The van der Waals surface area contributed by atoms with Crippen molar-refractivity contribution in [2.75, 3.05) is 0 Å². The van der Waals surface area contributed by atoms with Crippen molar-refractivity contribution in [1.29, 1.82) is 0 Å². The number of fused-ring (bicyclic) bond motifs is 2. The predicted octanol–water partition coefficient (Wildman–Crippen LogP) is 4.34. The highest BCUT2D eigenvalue weighted by atomic mass is 35.5. The second-order valence-corrected chi connectivity index (χ2v) is 10.4. The summed E-state index contributed by atoms with van der Waals surface area (Å²) in [5.74, 6) is -0.758. The molecule has 8 atom stereocenters. The average molecular weight is 437 g/mol. The highest BCUT2D eigenvalue weighted by Crippen LogP contribution is 2.62. The van der Waals surface area contributed by atoms with E-state index in [9.17, 15) is 4.79 Å². The summed E-state index contributed by atoms with van der Waals surface area (Å²) in [7, 11) is 0. The Kier molecular flexibility index (Phi) is 4.95. The molecule has 1 saturated carbocycles. The Labute approximate surface area is 182 Å². The van der Waals surface area contributed by atoms with Crippen LogP contribution in [0.25, 0.3) is 0 Å². The van der Waals surface area contributed by atoms with E-state index in [4.69, 9.17) is 35.6 Å². The summed E-state index contributed by atoms with van der Waals surface area (Å²) in [6.07, 6.45) is 2.01. The summed E-state index contributed by atoms with van der Waals surface area (Å²) in [5.41, 5.74) is 0.0820. The first-order valence-corrected chi connectivity index (χ1v) is 11.2. The van der Waals surface area contributed by atoms with Crippen LogP contribution in [0.2, 0.25) is 0 Å². The van der Waals surface area contributed by atoms with Gasteiger partial charge < -0.3 is 14.2 Å². The first-order chi connectivity index (χ1) is 14.2. The molecule has 1 spiro atoms. The van der Waals surface area contributed by atoms with Crippen molar-refractivity contribution in [2.24, 2.45) is 17.8 Å². The van der Waals surface area contributed by atoms with Crippen LogP contribution in [0.4, 0.5) is 0 Å². The summed E-state index contributed by atoms with van der Waals surface area (Å²) in [6, 6.07) is 9.49. The lowest BCUT2D eigenvalue weighted by Gasteiger charge is -2.62. The van der Waals surface area contributed by atoms with Gasteiger partial charge in [0.15, 0.2) is 11.9 Å². The topological polar surface area (TPSA) is 63.2 Å². The Morgan fingerprint density at radius 2 is 1.93 bits per heavy atom. The summed E-state index contributed by atoms with van der Waals surface area (Å²) in [5, 5.41) is 0. The van der Waals surface area contributed by atoms with Crippen molar-refractivity contribution in [2.45, 2.75) is 81.7 Å². The molecule has 5 fully saturated rings. The van der Waals surface area contributed by atoms with Crippen LogP contribution < -0.4 is 0 Å². The number of halogens is 1. The Bertz CT molecular complexity index is 815. The molecule has 0 radical (unpaired) electrons. The molecule has 0 N–H and O–H groups in total. The zero-order valence-electron chi connectivity index (χ0n) is 17.6. The van der Waals surface area contributed by atoms with Crippen molar-refractivity contribution in [1.82, 2.24) is 0 Å². The fraction of sp³-hybridized carbons (Fsp3) is 0.696. The normalized spacial score (nSPS) is 47.3. The van der Waals surface area contributed by atoms with Crippen LogP contribution in [0.5, 0.6) is 0 Å². The Balaban J connectivity index is 1.44. The maximum absolute atomic E-state index is 12.7. The second-order valence-electron chi connectivity index (χ2n) is 9.63. The van der Waals surface area contributed by atoms with Gasteiger partial charge in [-0.1, -0.05) is 37.3 Å². The molecule has 1 aliphatic carbocycles. The van der Waals surface area contributed by atoms with Gasteiger partial charge in [0.25, 0.3) is 0 Å². The molecule has 1 aromatic rings. The smallest absolute Gasteiger partial charge is 0.312 e. The minimum absolute atomic E-state index is 0.135. The Morgan fingerprint density at radius 3 is 2.70 bits per heavy atom. The van der Waals surface area contributed by atoms with Crippen molar-refractivity contribution >= 4 is 17.6 Å². The van der Waals surface area contributed by atoms with E-state index in [1.807, 2.05) is 44.2 Å². The van der Waals surface area contributed by atoms with Gasteiger partial charge in [-0.3, -0.25) is 4.79 Å². The molecule has 6 rings (SSSR count). The molecule has 5 aliphatic rings. The third-order valence-electron chi connectivity index (χ3n) is 7.54. The maximum atomic E-state index is 12.7. The first-order valence-electron chi connectivity index (χ1n) is 10.9.